The standard InChI is InChI=1S/C16H19F3N2O/c1-10-2-3-11(16(17,18)19)8-13(10)21-14(22)12-9-15(12)4-6-20-7-5-15/h2-3,8,12,20H,4-7,9H2,1H3,(H,21,22). The summed E-state index contributed by atoms with van der Waals surface area (Å²) in [5, 5.41) is 5.96. The molecule has 3 rings (SSSR count). The fraction of sp³-hybridized carbons (Fsp3) is 0.562. The molecular weight excluding hydrogens is 293 g/mol. The topological polar surface area (TPSA) is 41.1 Å². The van der Waals surface area contributed by atoms with E-state index in [-0.39, 0.29) is 22.9 Å². The third-order valence-corrected chi connectivity index (χ3v) is 4.93. The molecule has 1 saturated carbocycles. The largest absolute Gasteiger partial charge is 0.416 e. The van der Waals surface area contributed by atoms with Crippen LogP contribution in [0, 0.1) is 18.3 Å². The molecule has 1 aromatic rings. The van der Waals surface area contributed by atoms with Gasteiger partial charge in [-0.05, 0) is 62.4 Å². The molecule has 6 heteroatoms. The molecule has 0 radical (unpaired) electrons. The number of carbonyl (C=O) groups excluding carboxylic acids is 1. The van der Waals surface area contributed by atoms with E-state index in [1.54, 1.807) is 6.92 Å². The fourth-order valence-electron chi connectivity index (χ4n) is 3.35. The van der Waals surface area contributed by atoms with E-state index in [0.29, 0.717) is 5.56 Å². The molecule has 2 fully saturated rings. The van der Waals surface area contributed by atoms with Gasteiger partial charge in [0.25, 0.3) is 0 Å². The zero-order valence-electron chi connectivity index (χ0n) is 12.4. The zero-order chi connectivity index (χ0) is 16.0. The number of nitrogens with one attached hydrogen (secondary N) is 2. The van der Waals surface area contributed by atoms with Gasteiger partial charge in [-0.1, -0.05) is 6.07 Å². The van der Waals surface area contributed by atoms with Crippen molar-refractivity contribution in [3.05, 3.63) is 29.3 Å². The average Bonchev–Trinajstić information content (AvgIpc) is 3.14. The van der Waals surface area contributed by atoms with Gasteiger partial charge in [0.15, 0.2) is 0 Å². The molecule has 1 aliphatic heterocycles. The highest BCUT2D eigenvalue weighted by molar-refractivity contribution is 5.95. The van der Waals surface area contributed by atoms with E-state index in [9.17, 15) is 18.0 Å². The number of alkyl halides is 3. The lowest BCUT2D eigenvalue weighted by atomic mass is 9.91. The van der Waals surface area contributed by atoms with Crippen LogP contribution in [-0.2, 0) is 11.0 Å². The Hall–Kier alpha value is -1.56. The number of benzene rings is 1. The number of halogens is 3. The van der Waals surface area contributed by atoms with Crippen LogP contribution in [-0.4, -0.2) is 19.0 Å². The van der Waals surface area contributed by atoms with Crippen LogP contribution in [0.3, 0.4) is 0 Å². The molecule has 0 aromatic heterocycles. The summed E-state index contributed by atoms with van der Waals surface area (Å²) < 4.78 is 38.3. The molecular formula is C16H19F3N2O. The van der Waals surface area contributed by atoms with Gasteiger partial charge in [-0.3, -0.25) is 4.79 Å². The Morgan fingerprint density at radius 2 is 2.00 bits per heavy atom. The number of amides is 1. The maximum Gasteiger partial charge on any atom is 0.416 e. The Kier molecular flexibility index (Phi) is 3.67. The minimum absolute atomic E-state index is 0.0662. The van der Waals surface area contributed by atoms with E-state index >= 15 is 0 Å². The summed E-state index contributed by atoms with van der Waals surface area (Å²) in [7, 11) is 0. The van der Waals surface area contributed by atoms with Gasteiger partial charge in [-0.25, -0.2) is 0 Å². The van der Waals surface area contributed by atoms with Gasteiger partial charge in [-0.15, -0.1) is 0 Å². The second-order valence-electron chi connectivity index (χ2n) is 6.39. The molecule has 1 spiro atoms. The number of aryl methyl sites for hydroxylation is 1. The van der Waals surface area contributed by atoms with Crippen LogP contribution >= 0.6 is 0 Å². The van der Waals surface area contributed by atoms with E-state index in [0.717, 1.165) is 44.5 Å². The van der Waals surface area contributed by atoms with Crippen molar-refractivity contribution in [1.29, 1.82) is 0 Å². The first-order valence-electron chi connectivity index (χ1n) is 7.51. The summed E-state index contributed by atoms with van der Waals surface area (Å²) in [6.07, 6.45) is -1.62. The molecule has 3 nitrogen and oxygen atoms in total. The normalized spacial score (nSPS) is 23.4. The molecule has 1 amide bonds. The molecule has 120 valence electrons. The summed E-state index contributed by atoms with van der Waals surface area (Å²) in [5.74, 6) is -0.215. The van der Waals surface area contributed by atoms with Crippen molar-refractivity contribution in [1.82, 2.24) is 5.32 Å². The minimum Gasteiger partial charge on any atom is -0.326 e. The van der Waals surface area contributed by atoms with Crippen LogP contribution in [0.2, 0.25) is 0 Å². The van der Waals surface area contributed by atoms with Crippen LogP contribution in [0.15, 0.2) is 18.2 Å². The van der Waals surface area contributed by atoms with Crippen molar-refractivity contribution in [3.63, 3.8) is 0 Å². The highest BCUT2D eigenvalue weighted by Gasteiger charge is 2.57. The van der Waals surface area contributed by atoms with E-state index in [1.807, 2.05) is 0 Å². The summed E-state index contributed by atoms with van der Waals surface area (Å²) in [4.78, 5) is 12.3. The van der Waals surface area contributed by atoms with Crippen LogP contribution < -0.4 is 10.6 Å². The first kappa shape index (κ1) is 15.3. The third-order valence-electron chi connectivity index (χ3n) is 4.93. The number of hydrogen-bond donors (Lipinski definition) is 2. The molecule has 1 atom stereocenters. The van der Waals surface area contributed by atoms with Crippen LogP contribution in [0.1, 0.15) is 30.4 Å². The quantitative estimate of drug-likeness (QED) is 0.879. The number of anilines is 1. The zero-order valence-corrected chi connectivity index (χ0v) is 12.4. The Labute approximate surface area is 127 Å². The monoisotopic (exact) mass is 312 g/mol. The van der Waals surface area contributed by atoms with Crippen molar-refractivity contribution in [3.8, 4) is 0 Å². The van der Waals surface area contributed by atoms with Gasteiger partial charge >= 0.3 is 6.18 Å². The Balaban J connectivity index is 1.72. The summed E-state index contributed by atoms with van der Waals surface area (Å²) >= 11 is 0. The van der Waals surface area contributed by atoms with E-state index < -0.39 is 11.7 Å². The average molecular weight is 312 g/mol. The SMILES string of the molecule is Cc1ccc(C(F)(F)F)cc1NC(=O)C1CC12CCNCC2. The lowest BCUT2D eigenvalue weighted by molar-refractivity contribution is -0.137. The molecule has 1 saturated heterocycles. The number of rotatable bonds is 2. The highest BCUT2D eigenvalue weighted by atomic mass is 19.4. The van der Waals surface area contributed by atoms with Gasteiger partial charge in [0.1, 0.15) is 0 Å². The van der Waals surface area contributed by atoms with Gasteiger partial charge in [0.2, 0.25) is 5.91 Å². The van der Waals surface area contributed by atoms with E-state index in [1.165, 1.54) is 6.07 Å². The van der Waals surface area contributed by atoms with Gasteiger partial charge < -0.3 is 10.6 Å². The fourth-order valence-corrected chi connectivity index (χ4v) is 3.35. The Morgan fingerprint density at radius 3 is 2.64 bits per heavy atom. The van der Waals surface area contributed by atoms with Crippen molar-refractivity contribution >= 4 is 11.6 Å². The Bertz CT molecular complexity index is 592. The highest BCUT2D eigenvalue weighted by Crippen LogP contribution is 2.58. The molecule has 1 unspecified atom stereocenters. The second kappa shape index (κ2) is 5.26. The molecule has 2 aliphatic rings. The van der Waals surface area contributed by atoms with Crippen LogP contribution in [0.4, 0.5) is 18.9 Å². The van der Waals surface area contributed by atoms with Crippen LogP contribution in [0.25, 0.3) is 0 Å². The molecule has 1 aliphatic carbocycles. The lowest BCUT2D eigenvalue weighted by Crippen LogP contribution is -2.31. The first-order valence-corrected chi connectivity index (χ1v) is 7.51. The van der Waals surface area contributed by atoms with Gasteiger partial charge in [-0.2, -0.15) is 13.2 Å². The molecule has 1 heterocycles. The van der Waals surface area contributed by atoms with Gasteiger partial charge in [0.05, 0.1) is 5.56 Å². The molecule has 1 aromatic carbocycles. The third kappa shape index (κ3) is 2.84. The molecule has 22 heavy (non-hydrogen) atoms. The first-order chi connectivity index (χ1) is 10.3. The summed E-state index contributed by atoms with van der Waals surface area (Å²) in [5.41, 5.74) is 0.239. The molecule has 2 N–H and O–H groups in total. The minimum atomic E-state index is -4.40. The Morgan fingerprint density at radius 1 is 1.32 bits per heavy atom. The van der Waals surface area contributed by atoms with Crippen molar-refractivity contribution in [2.24, 2.45) is 11.3 Å². The lowest BCUT2D eigenvalue weighted by Gasteiger charge is -2.23. The second-order valence-corrected chi connectivity index (χ2v) is 6.39. The maximum atomic E-state index is 12.8. The van der Waals surface area contributed by atoms with E-state index in [4.69, 9.17) is 0 Å². The number of hydrogen-bond acceptors (Lipinski definition) is 2. The number of piperidine rings is 1. The summed E-state index contributed by atoms with van der Waals surface area (Å²) in [6, 6.07) is 3.45. The van der Waals surface area contributed by atoms with Crippen molar-refractivity contribution in [2.75, 3.05) is 18.4 Å². The van der Waals surface area contributed by atoms with Gasteiger partial charge in [0, 0.05) is 11.6 Å². The smallest absolute Gasteiger partial charge is 0.326 e. The summed E-state index contributed by atoms with van der Waals surface area (Å²) in [6.45, 7) is 3.52. The van der Waals surface area contributed by atoms with Crippen molar-refractivity contribution in [2.45, 2.75) is 32.4 Å². The van der Waals surface area contributed by atoms with Crippen LogP contribution in [0.5, 0.6) is 0 Å². The molecule has 0 bridgehead atoms. The maximum absolute atomic E-state index is 12.8. The van der Waals surface area contributed by atoms with Crippen molar-refractivity contribution < 1.29 is 18.0 Å². The number of carbonyl (C=O) groups is 1. The predicted molar refractivity (Wildman–Crippen MR) is 77.5 cm³/mol. The predicted octanol–water partition coefficient (Wildman–Crippen LogP) is 3.34. The van der Waals surface area contributed by atoms with E-state index in [2.05, 4.69) is 10.6 Å².